The first-order valence-corrected chi connectivity index (χ1v) is 13.8. The molecular weight excluding hydrogens is 480 g/mol. The molecule has 39 heavy (non-hydrogen) atoms. The molecule has 0 saturated heterocycles. The Hall–Kier alpha value is -4.18. The molecule has 0 aliphatic heterocycles. The Balaban J connectivity index is 0.000000181. The number of nitrogens with one attached hydrogen (secondary N) is 1. The second kappa shape index (κ2) is 13.1. The van der Waals surface area contributed by atoms with Gasteiger partial charge in [0.05, 0.1) is 0 Å². The van der Waals surface area contributed by atoms with Crippen LogP contribution in [-0.2, 0) is 0 Å². The summed E-state index contributed by atoms with van der Waals surface area (Å²) in [6.07, 6.45) is 2.26. The smallest absolute Gasteiger partial charge is 0.255 e. The van der Waals surface area contributed by atoms with Gasteiger partial charge in [-0.15, -0.1) is 0 Å². The molecule has 4 aromatic carbocycles. The number of carbonyl (C=O) groups excluding carboxylic acids is 1. The zero-order valence-corrected chi connectivity index (χ0v) is 23.6. The van der Waals surface area contributed by atoms with Gasteiger partial charge in [0.25, 0.3) is 5.91 Å². The van der Waals surface area contributed by atoms with E-state index in [-0.39, 0.29) is 5.91 Å². The van der Waals surface area contributed by atoms with Gasteiger partial charge in [-0.05, 0) is 90.8 Å². The highest BCUT2D eigenvalue weighted by atomic mass is 16.3. The number of benzene rings is 4. The summed E-state index contributed by atoms with van der Waals surface area (Å²) in [6, 6.07) is 32.0. The average molecular weight is 519 g/mol. The Labute approximate surface area is 232 Å². The van der Waals surface area contributed by atoms with Crippen LogP contribution in [-0.4, -0.2) is 10.9 Å². The SMILES string of the molecule is CCC(C)c1ccc(-c2nc3ccccc3o2)cc1.CCC(C)c1ccc(C(=O)Nc2ccccc2C)cc1. The van der Waals surface area contributed by atoms with E-state index in [1.54, 1.807) is 0 Å². The van der Waals surface area contributed by atoms with Crippen LogP contribution in [0.1, 0.15) is 79.4 Å². The van der Waals surface area contributed by atoms with Gasteiger partial charge >= 0.3 is 0 Å². The summed E-state index contributed by atoms with van der Waals surface area (Å²) in [5.74, 6) is 1.76. The summed E-state index contributed by atoms with van der Waals surface area (Å²) in [4.78, 5) is 16.7. The third-order valence-electron chi connectivity index (χ3n) is 7.38. The van der Waals surface area contributed by atoms with Crippen LogP contribution in [0.25, 0.3) is 22.6 Å². The predicted molar refractivity (Wildman–Crippen MR) is 162 cm³/mol. The van der Waals surface area contributed by atoms with Gasteiger partial charge < -0.3 is 9.73 Å². The zero-order chi connectivity index (χ0) is 27.8. The minimum Gasteiger partial charge on any atom is -0.436 e. The Morgan fingerprint density at radius 1 is 0.769 bits per heavy atom. The fourth-order valence-corrected chi connectivity index (χ4v) is 4.29. The number of hydrogen-bond donors (Lipinski definition) is 1. The van der Waals surface area contributed by atoms with Gasteiger partial charge in [-0.2, -0.15) is 0 Å². The number of carbonyl (C=O) groups is 1. The number of aryl methyl sites for hydroxylation is 1. The van der Waals surface area contributed by atoms with Crippen LogP contribution in [0.2, 0.25) is 0 Å². The topological polar surface area (TPSA) is 55.1 Å². The molecule has 4 heteroatoms. The van der Waals surface area contributed by atoms with E-state index in [1.807, 2.05) is 79.7 Å². The van der Waals surface area contributed by atoms with Crippen molar-refractivity contribution < 1.29 is 9.21 Å². The fourth-order valence-electron chi connectivity index (χ4n) is 4.29. The highest BCUT2D eigenvalue weighted by molar-refractivity contribution is 6.04. The molecule has 5 rings (SSSR count). The predicted octanol–water partition coefficient (Wildman–Crippen LogP) is 9.77. The van der Waals surface area contributed by atoms with Crippen molar-refractivity contribution in [1.82, 2.24) is 4.98 Å². The van der Waals surface area contributed by atoms with Crippen molar-refractivity contribution in [2.45, 2.75) is 59.3 Å². The van der Waals surface area contributed by atoms with Crippen LogP contribution in [0.5, 0.6) is 0 Å². The standard InChI is InChI=1S/C18H21NO.C17H17NO/c1-4-13(2)15-9-11-16(12-10-15)18(20)19-17-8-6-5-7-14(17)3;1-3-12(2)13-8-10-14(11-9-13)17-18-15-6-4-5-7-16(15)19-17/h5-13H,4H2,1-3H3,(H,19,20);4-12H,3H2,1-2H3. The zero-order valence-electron chi connectivity index (χ0n) is 23.6. The van der Waals surface area contributed by atoms with Gasteiger partial charge in [0.2, 0.25) is 5.89 Å². The molecule has 1 amide bonds. The van der Waals surface area contributed by atoms with Crippen molar-refractivity contribution in [3.8, 4) is 11.5 Å². The molecule has 1 heterocycles. The number of anilines is 1. The quantitative estimate of drug-likeness (QED) is 0.233. The molecule has 2 unspecified atom stereocenters. The molecule has 0 aliphatic carbocycles. The monoisotopic (exact) mass is 518 g/mol. The molecule has 5 aromatic rings. The largest absolute Gasteiger partial charge is 0.436 e. The normalized spacial score (nSPS) is 12.3. The van der Waals surface area contributed by atoms with Crippen molar-refractivity contribution >= 4 is 22.7 Å². The van der Waals surface area contributed by atoms with E-state index >= 15 is 0 Å². The van der Waals surface area contributed by atoms with Gasteiger partial charge in [-0.3, -0.25) is 4.79 Å². The first-order valence-electron chi connectivity index (χ1n) is 13.8. The number of hydrogen-bond acceptors (Lipinski definition) is 3. The van der Waals surface area contributed by atoms with Crippen molar-refractivity contribution in [1.29, 1.82) is 0 Å². The van der Waals surface area contributed by atoms with E-state index in [2.05, 4.69) is 62.3 Å². The third-order valence-corrected chi connectivity index (χ3v) is 7.38. The maximum Gasteiger partial charge on any atom is 0.255 e. The molecule has 1 aromatic heterocycles. The van der Waals surface area contributed by atoms with Crippen LogP contribution >= 0.6 is 0 Å². The number of rotatable bonds is 7. The Kier molecular flexibility index (Phi) is 9.32. The third kappa shape index (κ3) is 7.02. The van der Waals surface area contributed by atoms with Gasteiger partial charge in [-0.25, -0.2) is 4.98 Å². The minimum absolute atomic E-state index is 0.0602. The van der Waals surface area contributed by atoms with Crippen molar-refractivity contribution in [3.63, 3.8) is 0 Å². The molecule has 0 saturated carbocycles. The van der Waals surface area contributed by atoms with Crippen LogP contribution in [0, 0.1) is 6.92 Å². The molecule has 4 nitrogen and oxygen atoms in total. The van der Waals surface area contributed by atoms with Gasteiger partial charge in [-0.1, -0.05) is 82.3 Å². The molecular formula is C35H38N2O2. The van der Waals surface area contributed by atoms with Gasteiger partial charge in [0.1, 0.15) is 5.52 Å². The van der Waals surface area contributed by atoms with E-state index in [1.165, 1.54) is 11.1 Å². The number of nitrogens with zero attached hydrogens (tertiary/aromatic N) is 1. The van der Waals surface area contributed by atoms with E-state index in [0.717, 1.165) is 40.8 Å². The maximum absolute atomic E-state index is 12.2. The van der Waals surface area contributed by atoms with Crippen LogP contribution in [0.3, 0.4) is 0 Å². The number of fused-ring (bicyclic) bond motifs is 1. The maximum atomic E-state index is 12.2. The van der Waals surface area contributed by atoms with Crippen molar-refractivity contribution in [3.05, 3.63) is 119 Å². The molecule has 0 aliphatic rings. The summed E-state index contributed by atoms with van der Waals surface area (Å²) in [6.45, 7) is 10.8. The average Bonchev–Trinajstić information content (AvgIpc) is 3.42. The first-order chi connectivity index (χ1) is 18.9. The molecule has 2 atom stereocenters. The summed E-state index contributed by atoms with van der Waals surface area (Å²) in [5, 5.41) is 2.95. The molecule has 1 N–H and O–H groups in total. The Bertz CT molecular complexity index is 1470. The molecule has 0 spiro atoms. The summed E-state index contributed by atoms with van der Waals surface area (Å²) < 4.78 is 5.77. The second-order valence-electron chi connectivity index (χ2n) is 10.1. The molecule has 0 radical (unpaired) electrons. The highest BCUT2D eigenvalue weighted by Crippen LogP contribution is 2.26. The molecule has 0 bridgehead atoms. The van der Waals surface area contributed by atoms with Crippen LogP contribution in [0.4, 0.5) is 5.69 Å². The summed E-state index contributed by atoms with van der Waals surface area (Å²) in [7, 11) is 0. The van der Waals surface area contributed by atoms with E-state index in [0.29, 0.717) is 23.3 Å². The molecule has 200 valence electrons. The van der Waals surface area contributed by atoms with Crippen LogP contribution < -0.4 is 5.32 Å². The Morgan fingerprint density at radius 3 is 1.92 bits per heavy atom. The minimum atomic E-state index is -0.0602. The van der Waals surface area contributed by atoms with Crippen LogP contribution in [0.15, 0.2) is 101 Å². The van der Waals surface area contributed by atoms with Gasteiger partial charge in [0.15, 0.2) is 5.58 Å². The molecule has 0 fully saturated rings. The number of oxazole rings is 1. The highest BCUT2D eigenvalue weighted by Gasteiger charge is 2.10. The van der Waals surface area contributed by atoms with E-state index in [9.17, 15) is 4.79 Å². The summed E-state index contributed by atoms with van der Waals surface area (Å²) in [5.41, 5.74) is 8.04. The number of amides is 1. The fraction of sp³-hybridized carbons (Fsp3) is 0.257. The second-order valence-corrected chi connectivity index (χ2v) is 10.1. The lowest BCUT2D eigenvalue weighted by atomic mass is 9.97. The van der Waals surface area contributed by atoms with Gasteiger partial charge in [0, 0.05) is 16.8 Å². The lowest BCUT2D eigenvalue weighted by Crippen LogP contribution is -2.12. The number of aromatic nitrogens is 1. The van der Waals surface area contributed by atoms with E-state index in [4.69, 9.17) is 4.42 Å². The summed E-state index contributed by atoms with van der Waals surface area (Å²) >= 11 is 0. The Morgan fingerprint density at radius 2 is 1.33 bits per heavy atom. The van der Waals surface area contributed by atoms with Crippen molar-refractivity contribution in [2.75, 3.05) is 5.32 Å². The lowest BCUT2D eigenvalue weighted by Gasteiger charge is -2.11. The number of para-hydroxylation sites is 3. The van der Waals surface area contributed by atoms with E-state index < -0.39 is 0 Å². The first kappa shape index (κ1) is 27.8. The van der Waals surface area contributed by atoms with Crippen molar-refractivity contribution in [2.24, 2.45) is 0 Å². The lowest BCUT2D eigenvalue weighted by molar-refractivity contribution is 0.102.